The molecule has 0 spiro atoms. The van der Waals surface area contributed by atoms with Gasteiger partial charge in [-0.3, -0.25) is 28.5 Å². The molecule has 71 heavy (non-hydrogen) atoms. The molecule has 4 aliphatic heterocycles. The molecule has 1 saturated heterocycles. The monoisotopic (exact) mass is 1020 g/mol. The average Bonchev–Trinajstić information content (AvgIpc) is 3.72. The van der Waals surface area contributed by atoms with Gasteiger partial charge in [0.1, 0.15) is 22.9 Å². The summed E-state index contributed by atoms with van der Waals surface area (Å²) >= 11 is 6.96. The Hall–Kier alpha value is -5.17. The van der Waals surface area contributed by atoms with E-state index in [1.165, 1.54) is 29.0 Å². The number of carbonyl (C=O) groups excluding carboxylic acids is 1. The van der Waals surface area contributed by atoms with Crippen LogP contribution in [-0.2, 0) is 53.8 Å². The molecule has 8 rings (SSSR count). The van der Waals surface area contributed by atoms with E-state index in [1.54, 1.807) is 6.07 Å². The van der Waals surface area contributed by atoms with Gasteiger partial charge in [0.15, 0.2) is 5.76 Å². The van der Waals surface area contributed by atoms with Crippen LogP contribution >= 0.6 is 19.2 Å². The van der Waals surface area contributed by atoms with E-state index in [9.17, 15) is 38.5 Å². The van der Waals surface area contributed by atoms with Crippen LogP contribution in [0.5, 0.6) is 0 Å². The second-order valence-corrected chi connectivity index (χ2v) is 21.3. The van der Waals surface area contributed by atoms with Crippen LogP contribution in [0.1, 0.15) is 111 Å². The molecule has 3 unspecified atom stereocenters. The van der Waals surface area contributed by atoms with Crippen molar-refractivity contribution in [3.05, 3.63) is 100 Å². The number of hydrogen-bond donors (Lipinski definition) is 5. The zero-order chi connectivity index (χ0) is 50.7. The Morgan fingerprint density at radius 2 is 1.77 bits per heavy atom. The molecule has 0 radical (unpaired) electrons. The van der Waals surface area contributed by atoms with E-state index >= 15 is 0 Å². The topological polar surface area (TPSA) is 255 Å². The number of carboxylic acid groups (broad SMARTS) is 1. The molecule has 5 heterocycles. The number of aryl methyl sites for hydroxylation is 4. The zero-order valence-electron chi connectivity index (χ0n) is 40.6. The highest BCUT2D eigenvalue weighted by molar-refractivity contribution is 7.61. The summed E-state index contributed by atoms with van der Waals surface area (Å²) in [7, 11) is -4.47. The number of nitrogens with one attached hydrogen (secondary N) is 2. The molecule has 18 nitrogen and oxygen atoms in total. The van der Waals surface area contributed by atoms with Crippen LogP contribution in [0.4, 0.5) is 5.69 Å². The third-order valence-electron chi connectivity index (χ3n) is 13.3. The summed E-state index contributed by atoms with van der Waals surface area (Å²) in [5.41, 5.74) is 8.45. The first kappa shape index (κ1) is 52.2. The molecule has 20 heteroatoms. The summed E-state index contributed by atoms with van der Waals surface area (Å²) in [5, 5.41) is 13.7. The highest BCUT2D eigenvalue weighted by Crippen LogP contribution is 2.50. The van der Waals surface area contributed by atoms with Crippen LogP contribution in [0.2, 0.25) is 5.02 Å². The van der Waals surface area contributed by atoms with Gasteiger partial charge in [0.2, 0.25) is 11.3 Å². The van der Waals surface area contributed by atoms with E-state index in [4.69, 9.17) is 40.5 Å². The molecule has 6 N–H and O–H groups in total. The second-order valence-electron chi connectivity index (χ2n) is 19.1. The van der Waals surface area contributed by atoms with E-state index in [0.29, 0.717) is 66.3 Å². The van der Waals surface area contributed by atoms with E-state index in [1.807, 2.05) is 33.8 Å². The van der Waals surface area contributed by atoms with Crippen molar-refractivity contribution in [1.82, 2.24) is 14.9 Å². The first-order valence-corrected chi connectivity index (χ1v) is 26.5. The first-order valence-electron chi connectivity index (χ1n) is 24.6. The minimum Gasteiger partial charge on any atom is -0.478 e. The maximum Gasteiger partial charge on any atom is 0.358 e. The lowest BCUT2D eigenvalue weighted by molar-refractivity contribution is -0.121. The molecule has 3 aromatic rings. The molecule has 1 aromatic heterocycles. The standard InChI is InChI=1S/C51H63ClN5O13P/c1-28(2)66-27-40-39(68-29(3)4)25-42(69-40)57-26-32(49(60)55-51(57)63)10-7-18-54-41(58)16-13-31-23-38-43(36-24-33(14-15-34(36)50(61)62)71(64,65)67-21-6-5-17-53)37-22-30-11-8-19-56-20-9-12-35(45(30)56)47(37)70-48(38)44(52)46(31)59/h14-15,22-24,26,28-29,39-40,42H,5-13,16-21,25,27,53H2,1-4H3,(H,54,58)(H,61,62)(H,64,65)(H,55,60,63)/t39?,40-,42?/m1/s1. The average molecular weight is 1020 g/mol. The smallest absolute Gasteiger partial charge is 0.358 e. The largest absolute Gasteiger partial charge is 0.478 e. The normalized spacial score (nSPS) is 18.7. The minimum absolute atomic E-state index is 0.0212. The number of anilines is 1. The van der Waals surface area contributed by atoms with Gasteiger partial charge in [-0.05, 0) is 133 Å². The Morgan fingerprint density at radius 3 is 2.51 bits per heavy atom. The van der Waals surface area contributed by atoms with E-state index in [2.05, 4.69) is 15.2 Å². The summed E-state index contributed by atoms with van der Waals surface area (Å²) in [6, 6.07) is 7.45. The third-order valence-corrected chi connectivity index (χ3v) is 15.1. The molecule has 382 valence electrons. The SMILES string of the molecule is CC(C)OC[C@H]1OC(n2cc(CCCNC(=O)CCc3cc4c(-c5cc(P(=O)(O)OCCCCN)ccc5C(=O)O)c5cc6c7c(c5oc-4c(Cl)c3=O)CCCN7CCC6)c(=O)[nH]c2=O)CC1OC(C)C. The summed E-state index contributed by atoms with van der Waals surface area (Å²) < 4.78 is 45.4. The Morgan fingerprint density at radius 1 is 1.00 bits per heavy atom. The number of hydrogen-bond acceptors (Lipinski definition) is 13. The van der Waals surface area contributed by atoms with Gasteiger partial charge in [-0.1, -0.05) is 11.6 Å². The predicted octanol–water partition coefficient (Wildman–Crippen LogP) is 6.22. The lowest BCUT2D eigenvalue weighted by Crippen LogP contribution is -2.34. The number of amides is 1. The summed E-state index contributed by atoms with van der Waals surface area (Å²) in [4.78, 5) is 82.3. The molecule has 1 amide bonds. The summed E-state index contributed by atoms with van der Waals surface area (Å²) in [5.74, 6) is -1.65. The van der Waals surface area contributed by atoms with Crippen molar-refractivity contribution in [3.8, 4) is 22.5 Å². The van der Waals surface area contributed by atoms with Crippen molar-refractivity contribution in [3.63, 3.8) is 0 Å². The van der Waals surface area contributed by atoms with Gasteiger partial charge in [0, 0.05) is 77.6 Å². The highest BCUT2D eigenvalue weighted by Gasteiger charge is 2.39. The number of nitrogens with zero attached hydrogens (tertiary/aromatic N) is 2. The third kappa shape index (κ3) is 11.4. The Bertz CT molecular complexity index is 3000. The minimum atomic E-state index is -4.47. The number of carboxylic acids is 1. The molecule has 2 aromatic carbocycles. The van der Waals surface area contributed by atoms with Gasteiger partial charge in [-0.25, -0.2) is 9.59 Å². The molecule has 0 saturated carbocycles. The fourth-order valence-corrected chi connectivity index (χ4v) is 11.3. The van der Waals surface area contributed by atoms with Crippen molar-refractivity contribution in [1.29, 1.82) is 0 Å². The predicted molar refractivity (Wildman–Crippen MR) is 270 cm³/mol. The van der Waals surface area contributed by atoms with Crippen molar-refractivity contribution in [2.24, 2.45) is 5.73 Å². The number of aromatic amines is 1. The number of ether oxygens (including phenoxy) is 3. The number of aromatic carboxylic acids is 1. The van der Waals surface area contributed by atoms with Gasteiger partial charge in [0.25, 0.3) is 5.56 Å². The van der Waals surface area contributed by atoms with Crippen LogP contribution in [0.25, 0.3) is 33.4 Å². The molecule has 1 fully saturated rings. The fraction of sp³-hybridized carbons (Fsp3) is 0.510. The van der Waals surface area contributed by atoms with Crippen molar-refractivity contribution >= 4 is 53.0 Å². The molecular formula is C51H63ClN5O13P. The molecule has 4 atom stereocenters. The Labute approximate surface area is 415 Å². The number of rotatable bonds is 21. The zero-order valence-corrected chi connectivity index (χ0v) is 42.2. The molecular weight excluding hydrogens is 957 g/mol. The van der Waals surface area contributed by atoms with Gasteiger partial charge < -0.3 is 49.1 Å². The lowest BCUT2D eigenvalue weighted by Gasteiger charge is -2.37. The highest BCUT2D eigenvalue weighted by atomic mass is 35.5. The molecule has 1 aliphatic carbocycles. The second kappa shape index (κ2) is 22.3. The fourth-order valence-electron chi connectivity index (χ4n) is 9.98. The van der Waals surface area contributed by atoms with Gasteiger partial charge >= 0.3 is 19.3 Å². The maximum absolute atomic E-state index is 14.1. The number of nitrogens with two attached hydrogens (primary N) is 1. The van der Waals surface area contributed by atoms with Gasteiger partial charge in [0.05, 0.1) is 42.4 Å². The lowest BCUT2D eigenvalue weighted by atomic mass is 9.84. The summed E-state index contributed by atoms with van der Waals surface area (Å²) in [6.45, 7) is 10.2. The Kier molecular flexibility index (Phi) is 16.4. The molecule has 0 bridgehead atoms. The number of aromatic nitrogens is 2. The number of halogens is 1. The van der Waals surface area contributed by atoms with E-state index < -0.39 is 42.6 Å². The van der Waals surface area contributed by atoms with Crippen molar-refractivity contribution in [2.75, 3.05) is 44.3 Å². The van der Waals surface area contributed by atoms with Crippen molar-refractivity contribution < 1.29 is 47.3 Å². The Balaban J connectivity index is 1.06. The summed E-state index contributed by atoms with van der Waals surface area (Å²) in [6.07, 6.45) is 4.94. The quantitative estimate of drug-likeness (QED) is 0.0311. The van der Waals surface area contributed by atoms with Crippen LogP contribution in [0.15, 0.2) is 55.3 Å². The first-order chi connectivity index (χ1) is 33.9. The van der Waals surface area contributed by atoms with Gasteiger partial charge in [-0.15, -0.1) is 0 Å². The number of H-pyrrole nitrogens is 1. The van der Waals surface area contributed by atoms with Crippen LogP contribution in [-0.4, -0.2) is 95.2 Å². The van der Waals surface area contributed by atoms with Crippen LogP contribution in [0.3, 0.4) is 0 Å². The van der Waals surface area contributed by atoms with Crippen LogP contribution < -0.4 is 37.9 Å². The maximum atomic E-state index is 14.1. The number of fused-ring (bicyclic) bond motifs is 3. The van der Waals surface area contributed by atoms with Crippen molar-refractivity contribution in [2.45, 2.75) is 129 Å². The number of unbranched alkanes of at least 4 members (excludes halogenated alkanes) is 1. The number of benzene rings is 3. The number of carbonyl (C=O) groups is 2. The van der Waals surface area contributed by atoms with E-state index in [-0.39, 0.29) is 96.0 Å². The van der Waals surface area contributed by atoms with Gasteiger partial charge in [-0.2, -0.15) is 0 Å². The van der Waals surface area contributed by atoms with Crippen LogP contribution in [0, 0.1) is 0 Å². The van der Waals surface area contributed by atoms with E-state index in [0.717, 1.165) is 49.2 Å². The molecule has 5 aliphatic rings.